The van der Waals surface area contributed by atoms with Gasteiger partial charge in [0.2, 0.25) is 0 Å². The van der Waals surface area contributed by atoms with Gasteiger partial charge in [0.15, 0.2) is 29.2 Å². The lowest BCUT2D eigenvalue weighted by atomic mass is 9.95. The number of urea groups is 1. The molecule has 50 heavy (non-hydrogen) atoms. The summed E-state index contributed by atoms with van der Waals surface area (Å²) in [7, 11) is 1.27. The highest BCUT2D eigenvalue weighted by Gasteiger charge is 2.32. The number of benzene rings is 3. The van der Waals surface area contributed by atoms with E-state index < -0.39 is 24.3 Å². The maximum Gasteiger partial charge on any atom is 0.338 e. The zero-order chi connectivity index (χ0) is 36.0. The highest BCUT2D eigenvalue weighted by Crippen LogP contribution is 2.35. The molecule has 1 aliphatic heterocycles. The van der Waals surface area contributed by atoms with Crippen LogP contribution >= 0.6 is 0 Å². The van der Waals surface area contributed by atoms with Crippen LogP contribution in [0.3, 0.4) is 0 Å². The summed E-state index contributed by atoms with van der Waals surface area (Å²) in [4.78, 5) is 36.6. The number of allylic oxidation sites excluding steroid dienone is 1. The Balaban J connectivity index is 1.35. The van der Waals surface area contributed by atoms with Gasteiger partial charge in [-0.1, -0.05) is 18.2 Å². The lowest BCUT2D eigenvalue weighted by molar-refractivity contribution is -0.136. The number of aliphatic hydroxyl groups is 1. The van der Waals surface area contributed by atoms with E-state index in [-0.39, 0.29) is 24.8 Å². The number of aliphatic hydroxyl groups excluding tert-OH is 1. The Morgan fingerprint density at radius 2 is 1.56 bits per heavy atom. The Kier molecular flexibility index (Phi) is 13.4. The predicted octanol–water partition coefficient (Wildman–Crippen LogP) is 4.36. The van der Waals surface area contributed by atoms with Gasteiger partial charge >= 0.3 is 18.0 Å². The number of methoxy groups -OCH3 is 1. The van der Waals surface area contributed by atoms with Crippen molar-refractivity contribution < 1.29 is 47.9 Å². The number of carbonyl (C=O) groups is 3. The highest BCUT2D eigenvalue weighted by molar-refractivity contribution is 5.95. The first kappa shape index (κ1) is 37.1. The van der Waals surface area contributed by atoms with Crippen molar-refractivity contribution in [3.8, 4) is 23.0 Å². The molecule has 0 unspecified atom stereocenters. The summed E-state index contributed by atoms with van der Waals surface area (Å²) in [6.07, 6.45) is 0.344. The minimum absolute atomic E-state index is 0.176. The summed E-state index contributed by atoms with van der Waals surface area (Å²) in [5, 5.41) is 20.0. The Bertz CT molecular complexity index is 1710. The molecular formula is C36H42N4O10. The standard InChI is InChI=1S/C36H42N4O10/c1-6-46-29-17-24(11-15-27(29)49-20-23-9-12-25(13-10-23)34(42)48-8-3)19-37-40-31(41)21-50-28-16-14-26(18-30(28)47-7-2)33-32(35(43)45-5)22(4)38-36(44)39-33/h9-19,31,33,40-41H,6-8,20-21H2,1-5H3,(H2,38,39,44)/b37-19+/t31-,33+/m0/s1. The number of nitrogens with one attached hydrogen (secondary N) is 3. The minimum atomic E-state index is -1.18. The topological polar surface area (TPSA) is 175 Å². The summed E-state index contributed by atoms with van der Waals surface area (Å²) >= 11 is 0. The van der Waals surface area contributed by atoms with Gasteiger partial charge in [-0.2, -0.15) is 5.10 Å². The number of hydrogen-bond acceptors (Lipinski definition) is 12. The molecule has 14 heteroatoms. The molecular weight excluding hydrogens is 648 g/mol. The molecule has 266 valence electrons. The quantitative estimate of drug-likeness (QED) is 0.0686. The Labute approximate surface area is 290 Å². The molecule has 14 nitrogen and oxygen atoms in total. The number of hydrazone groups is 1. The molecule has 0 fully saturated rings. The van der Waals surface area contributed by atoms with E-state index in [1.807, 2.05) is 6.92 Å². The summed E-state index contributed by atoms with van der Waals surface area (Å²) < 4.78 is 33.3. The number of rotatable bonds is 17. The lowest BCUT2D eigenvalue weighted by Crippen LogP contribution is -2.45. The molecule has 2 atom stereocenters. The van der Waals surface area contributed by atoms with Gasteiger partial charge in [0.1, 0.15) is 13.2 Å². The van der Waals surface area contributed by atoms with Gasteiger partial charge in [-0.25, -0.2) is 14.4 Å². The van der Waals surface area contributed by atoms with Gasteiger partial charge in [0.25, 0.3) is 0 Å². The molecule has 1 heterocycles. The van der Waals surface area contributed by atoms with Crippen molar-refractivity contribution in [2.24, 2.45) is 5.10 Å². The fraction of sp³-hybridized carbons (Fsp3) is 0.333. The number of ether oxygens (including phenoxy) is 6. The van der Waals surface area contributed by atoms with E-state index in [2.05, 4.69) is 21.2 Å². The normalized spacial score (nSPS) is 14.7. The van der Waals surface area contributed by atoms with Crippen molar-refractivity contribution in [2.45, 2.75) is 46.6 Å². The van der Waals surface area contributed by atoms with Crippen LogP contribution in [0.5, 0.6) is 23.0 Å². The van der Waals surface area contributed by atoms with E-state index >= 15 is 0 Å². The van der Waals surface area contributed by atoms with E-state index in [1.54, 1.807) is 81.4 Å². The van der Waals surface area contributed by atoms with Gasteiger partial charge in [0.05, 0.1) is 50.3 Å². The Hall–Kier alpha value is -5.76. The third kappa shape index (κ3) is 9.89. The van der Waals surface area contributed by atoms with Gasteiger partial charge in [0, 0.05) is 5.70 Å². The van der Waals surface area contributed by atoms with E-state index in [9.17, 15) is 19.5 Å². The number of esters is 2. The molecule has 3 aromatic rings. The molecule has 0 aliphatic carbocycles. The summed E-state index contributed by atoms with van der Waals surface area (Å²) in [6.45, 7) is 8.18. The van der Waals surface area contributed by atoms with E-state index in [0.29, 0.717) is 65.2 Å². The SMILES string of the molecule is CCOC(=O)c1ccc(COc2ccc(/C=N/N[C@@H](O)COc3ccc([C@H]4NC(=O)NC(C)=C4C(=O)OC)cc3OCC)cc2OCC)cc1. The summed E-state index contributed by atoms with van der Waals surface area (Å²) in [5.74, 6) is 0.795. The van der Waals surface area contributed by atoms with Gasteiger partial charge in [-0.15, -0.1) is 0 Å². The van der Waals surface area contributed by atoms with Crippen LogP contribution in [0, 0.1) is 0 Å². The van der Waals surface area contributed by atoms with Crippen molar-refractivity contribution in [1.82, 2.24) is 16.1 Å². The van der Waals surface area contributed by atoms with Crippen molar-refractivity contribution in [2.75, 3.05) is 33.5 Å². The predicted molar refractivity (Wildman–Crippen MR) is 183 cm³/mol. The van der Waals surface area contributed by atoms with Gasteiger partial charge in [-0.05, 0) is 86.8 Å². The van der Waals surface area contributed by atoms with Crippen LogP contribution in [-0.4, -0.2) is 69.1 Å². The van der Waals surface area contributed by atoms with Crippen molar-refractivity contribution in [1.29, 1.82) is 0 Å². The van der Waals surface area contributed by atoms with E-state index in [4.69, 9.17) is 28.4 Å². The first-order valence-electron chi connectivity index (χ1n) is 16.1. The fourth-order valence-electron chi connectivity index (χ4n) is 4.93. The smallest absolute Gasteiger partial charge is 0.338 e. The van der Waals surface area contributed by atoms with Crippen LogP contribution in [0.15, 0.2) is 77.0 Å². The molecule has 0 aromatic heterocycles. The van der Waals surface area contributed by atoms with Crippen LogP contribution < -0.4 is 35.0 Å². The Morgan fingerprint density at radius 3 is 2.24 bits per heavy atom. The first-order chi connectivity index (χ1) is 24.2. The number of nitrogens with zero attached hydrogens (tertiary/aromatic N) is 1. The summed E-state index contributed by atoms with van der Waals surface area (Å²) in [6, 6.07) is 16.1. The maximum atomic E-state index is 12.5. The van der Waals surface area contributed by atoms with E-state index in [0.717, 1.165) is 5.56 Å². The number of amides is 2. The van der Waals surface area contributed by atoms with Gasteiger partial charge in [-0.3, -0.25) is 5.43 Å². The maximum absolute atomic E-state index is 12.5. The monoisotopic (exact) mass is 690 g/mol. The molecule has 3 aromatic carbocycles. The third-order valence-corrected chi connectivity index (χ3v) is 7.24. The van der Waals surface area contributed by atoms with Crippen LogP contribution in [0.2, 0.25) is 0 Å². The zero-order valence-corrected chi connectivity index (χ0v) is 28.6. The average molecular weight is 691 g/mol. The average Bonchev–Trinajstić information content (AvgIpc) is 3.10. The molecule has 0 radical (unpaired) electrons. The lowest BCUT2D eigenvalue weighted by Gasteiger charge is -2.28. The van der Waals surface area contributed by atoms with Crippen LogP contribution in [0.1, 0.15) is 60.8 Å². The van der Waals surface area contributed by atoms with Crippen molar-refractivity contribution >= 4 is 24.2 Å². The molecule has 0 saturated heterocycles. The molecule has 1 aliphatic rings. The third-order valence-electron chi connectivity index (χ3n) is 7.24. The first-order valence-corrected chi connectivity index (χ1v) is 16.1. The van der Waals surface area contributed by atoms with Crippen LogP contribution in [0.25, 0.3) is 0 Å². The highest BCUT2D eigenvalue weighted by atomic mass is 16.5. The zero-order valence-electron chi connectivity index (χ0n) is 28.6. The number of hydrogen-bond donors (Lipinski definition) is 4. The van der Waals surface area contributed by atoms with Crippen LogP contribution in [-0.2, 0) is 20.9 Å². The second kappa shape index (κ2) is 18.1. The minimum Gasteiger partial charge on any atom is -0.490 e. The molecule has 0 spiro atoms. The molecule has 0 bridgehead atoms. The van der Waals surface area contributed by atoms with Crippen molar-refractivity contribution in [3.63, 3.8) is 0 Å². The molecule has 4 rings (SSSR count). The Morgan fingerprint density at radius 1 is 0.880 bits per heavy atom. The van der Waals surface area contributed by atoms with Crippen LogP contribution in [0.4, 0.5) is 4.79 Å². The fourth-order valence-corrected chi connectivity index (χ4v) is 4.93. The van der Waals surface area contributed by atoms with E-state index in [1.165, 1.54) is 13.3 Å². The largest absolute Gasteiger partial charge is 0.490 e. The molecule has 0 saturated carbocycles. The molecule has 2 amide bonds. The van der Waals surface area contributed by atoms with Gasteiger partial charge < -0.3 is 44.2 Å². The second-order valence-electron chi connectivity index (χ2n) is 10.8. The molecule has 4 N–H and O–H groups in total. The van der Waals surface area contributed by atoms with Crippen molar-refractivity contribution in [3.05, 3.63) is 94.2 Å². The summed E-state index contributed by atoms with van der Waals surface area (Å²) in [5.41, 5.74) is 5.87. The number of carbonyl (C=O) groups excluding carboxylic acids is 3. The second-order valence-corrected chi connectivity index (χ2v) is 10.8.